The molecule has 1 aliphatic heterocycles. The number of aliphatic hydroxyl groups is 1. The SMILES string of the molecule is O=C(CN1CC(F)(F)C[C@H]1CO)Nc1ccc(Sc2nc(Nc3cc(C(F)F)[nH]n3)c3cccn3n2)cc1. The molecule has 0 unspecified atom stereocenters. The van der Waals surface area contributed by atoms with Gasteiger partial charge in [0.05, 0.1) is 19.7 Å². The first-order valence-corrected chi connectivity index (χ1v) is 12.3. The van der Waals surface area contributed by atoms with Crippen LogP contribution >= 0.6 is 11.8 Å². The van der Waals surface area contributed by atoms with Crippen molar-refractivity contribution in [2.45, 2.75) is 34.9 Å². The number of anilines is 3. The number of H-pyrrole nitrogens is 1. The van der Waals surface area contributed by atoms with Gasteiger partial charge in [0.2, 0.25) is 11.1 Å². The van der Waals surface area contributed by atoms with Crippen LogP contribution in [0.4, 0.5) is 34.9 Å². The number of fused-ring (bicyclic) bond motifs is 1. The van der Waals surface area contributed by atoms with Gasteiger partial charge in [-0.25, -0.2) is 27.1 Å². The Morgan fingerprint density at radius 2 is 2.05 bits per heavy atom. The van der Waals surface area contributed by atoms with E-state index >= 15 is 0 Å². The van der Waals surface area contributed by atoms with Gasteiger partial charge in [-0.1, -0.05) is 0 Å². The molecule has 200 valence electrons. The number of rotatable bonds is 9. The fourth-order valence-electron chi connectivity index (χ4n) is 4.11. The lowest BCUT2D eigenvalue weighted by Crippen LogP contribution is -2.39. The highest BCUT2D eigenvalue weighted by Gasteiger charge is 2.45. The number of aromatic amines is 1. The number of nitrogens with zero attached hydrogens (tertiary/aromatic N) is 5. The predicted octanol–water partition coefficient (Wildman–Crippen LogP) is 3.93. The molecule has 5 rings (SSSR count). The van der Waals surface area contributed by atoms with Crippen molar-refractivity contribution in [2.75, 3.05) is 30.3 Å². The highest BCUT2D eigenvalue weighted by Crippen LogP contribution is 2.32. The molecule has 4 heterocycles. The fraction of sp³-hybridized carbons (Fsp3) is 0.304. The molecule has 1 aliphatic rings. The third-order valence-electron chi connectivity index (χ3n) is 5.84. The Balaban J connectivity index is 1.24. The molecule has 0 spiro atoms. The summed E-state index contributed by atoms with van der Waals surface area (Å²) in [6.45, 7) is -1.27. The highest BCUT2D eigenvalue weighted by atomic mass is 32.2. The van der Waals surface area contributed by atoms with Crippen LogP contribution in [0.3, 0.4) is 0 Å². The standard InChI is InChI=1S/C23H22F4N8O2S/c24-20(25)16-8-18(32-31-16)29-21-17-2-1-7-35(17)33-22(30-21)38-15-5-3-13(4-6-15)28-19(37)10-34-12-23(26,27)9-14(34)11-36/h1-8,14,20,36H,9-12H2,(H,28,37)(H2,29,30,31,32,33)/t14-/m0/s1. The van der Waals surface area contributed by atoms with Crippen molar-refractivity contribution < 1.29 is 27.5 Å². The summed E-state index contributed by atoms with van der Waals surface area (Å²) in [7, 11) is 0. The van der Waals surface area contributed by atoms with E-state index in [9.17, 15) is 27.5 Å². The summed E-state index contributed by atoms with van der Waals surface area (Å²) in [5, 5.41) is 25.9. The van der Waals surface area contributed by atoms with E-state index in [-0.39, 0.29) is 18.1 Å². The molecule has 15 heteroatoms. The van der Waals surface area contributed by atoms with Crippen molar-refractivity contribution in [1.29, 1.82) is 0 Å². The number of aliphatic hydroxyl groups excluding tert-OH is 1. The lowest BCUT2D eigenvalue weighted by molar-refractivity contribution is -0.117. The van der Waals surface area contributed by atoms with Gasteiger partial charge in [0, 0.05) is 35.3 Å². The number of hydrogen-bond donors (Lipinski definition) is 4. The van der Waals surface area contributed by atoms with E-state index < -0.39 is 43.9 Å². The number of carbonyl (C=O) groups is 1. The van der Waals surface area contributed by atoms with Crippen LogP contribution in [0.5, 0.6) is 0 Å². The Morgan fingerprint density at radius 3 is 2.76 bits per heavy atom. The van der Waals surface area contributed by atoms with Crippen LogP contribution < -0.4 is 10.6 Å². The number of benzene rings is 1. The smallest absolute Gasteiger partial charge is 0.279 e. The first-order chi connectivity index (χ1) is 18.2. The van der Waals surface area contributed by atoms with E-state index in [0.717, 1.165) is 4.90 Å². The van der Waals surface area contributed by atoms with Crippen LogP contribution in [-0.2, 0) is 4.79 Å². The quantitative estimate of drug-likeness (QED) is 0.231. The maximum absolute atomic E-state index is 13.6. The maximum Gasteiger partial charge on any atom is 0.279 e. The van der Waals surface area contributed by atoms with Crippen molar-refractivity contribution in [1.82, 2.24) is 29.7 Å². The Bertz CT molecular complexity index is 1430. The lowest BCUT2D eigenvalue weighted by Gasteiger charge is -2.21. The zero-order valence-corrected chi connectivity index (χ0v) is 20.4. The molecule has 4 aromatic rings. The van der Waals surface area contributed by atoms with Gasteiger partial charge in [-0.3, -0.25) is 14.8 Å². The Hall–Kier alpha value is -3.69. The van der Waals surface area contributed by atoms with Crippen LogP contribution in [0, 0.1) is 0 Å². The van der Waals surface area contributed by atoms with Gasteiger partial charge in [0.25, 0.3) is 12.3 Å². The molecule has 0 radical (unpaired) electrons. The zero-order chi connectivity index (χ0) is 26.9. The first kappa shape index (κ1) is 25.9. The number of nitrogens with one attached hydrogen (secondary N) is 3. The van der Waals surface area contributed by atoms with E-state index in [1.807, 2.05) is 0 Å². The molecule has 1 amide bonds. The maximum atomic E-state index is 13.6. The number of alkyl halides is 4. The largest absolute Gasteiger partial charge is 0.395 e. The number of hydrogen-bond acceptors (Lipinski definition) is 8. The Labute approximate surface area is 217 Å². The number of amides is 1. The van der Waals surface area contributed by atoms with Crippen molar-refractivity contribution in [2.24, 2.45) is 0 Å². The third kappa shape index (κ3) is 5.89. The summed E-state index contributed by atoms with van der Waals surface area (Å²) in [6, 6.07) is 10.8. The summed E-state index contributed by atoms with van der Waals surface area (Å²) in [6.07, 6.45) is -1.44. The monoisotopic (exact) mass is 550 g/mol. The van der Waals surface area contributed by atoms with Gasteiger partial charge in [0.15, 0.2) is 11.6 Å². The second-order valence-electron chi connectivity index (χ2n) is 8.69. The number of halogens is 4. The van der Waals surface area contributed by atoms with Crippen LogP contribution in [0.15, 0.2) is 58.7 Å². The average Bonchev–Trinajstić information content (AvgIpc) is 3.59. The summed E-state index contributed by atoms with van der Waals surface area (Å²) in [5.74, 6) is -2.84. The molecule has 3 aromatic heterocycles. The number of likely N-dealkylation sites (tertiary alicyclic amines) is 1. The van der Waals surface area contributed by atoms with Crippen molar-refractivity contribution in [3.8, 4) is 0 Å². The molecular weight excluding hydrogens is 528 g/mol. The van der Waals surface area contributed by atoms with Crippen molar-refractivity contribution in [3.05, 3.63) is 54.4 Å². The van der Waals surface area contributed by atoms with Gasteiger partial charge in [-0.2, -0.15) is 5.10 Å². The molecule has 0 aliphatic carbocycles. The normalized spacial score (nSPS) is 17.4. The Kier molecular flexibility index (Phi) is 7.23. The predicted molar refractivity (Wildman–Crippen MR) is 131 cm³/mol. The molecule has 1 fully saturated rings. The minimum Gasteiger partial charge on any atom is -0.395 e. The molecule has 4 N–H and O–H groups in total. The molecule has 38 heavy (non-hydrogen) atoms. The van der Waals surface area contributed by atoms with E-state index in [1.165, 1.54) is 22.7 Å². The van der Waals surface area contributed by atoms with E-state index in [1.54, 1.807) is 47.1 Å². The lowest BCUT2D eigenvalue weighted by atomic mass is 10.2. The Morgan fingerprint density at radius 1 is 1.26 bits per heavy atom. The third-order valence-corrected chi connectivity index (χ3v) is 6.70. The minimum atomic E-state index is -2.93. The van der Waals surface area contributed by atoms with E-state index in [4.69, 9.17) is 0 Å². The first-order valence-electron chi connectivity index (χ1n) is 11.5. The van der Waals surface area contributed by atoms with Crippen molar-refractivity contribution >= 4 is 40.5 Å². The second kappa shape index (κ2) is 10.6. The molecule has 10 nitrogen and oxygen atoms in total. The van der Waals surface area contributed by atoms with Crippen molar-refractivity contribution in [3.63, 3.8) is 0 Å². The fourth-order valence-corrected chi connectivity index (χ4v) is 4.86. The van der Waals surface area contributed by atoms with Gasteiger partial charge >= 0.3 is 0 Å². The molecular formula is C23H22F4N8O2S. The summed E-state index contributed by atoms with van der Waals surface area (Å²) in [4.78, 5) is 18.9. The molecule has 1 aromatic carbocycles. The summed E-state index contributed by atoms with van der Waals surface area (Å²) < 4.78 is 54.6. The molecule has 0 saturated carbocycles. The van der Waals surface area contributed by atoms with Gasteiger partial charge in [-0.15, -0.1) is 5.10 Å². The number of aromatic nitrogens is 5. The van der Waals surface area contributed by atoms with Crippen LogP contribution in [0.2, 0.25) is 0 Å². The topological polar surface area (TPSA) is 123 Å². The van der Waals surface area contributed by atoms with Gasteiger partial charge in [0.1, 0.15) is 11.2 Å². The van der Waals surface area contributed by atoms with Gasteiger partial charge in [-0.05, 0) is 48.2 Å². The summed E-state index contributed by atoms with van der Waals surface area (Å²) in [5.41, 5.74) is 0.776. The van der Waals surface area contributed by atoms with Crippen LogP contribution in [0.25, 0.3) is 5.52 Å². The van der Waals surface area contributed by atoms with E-state index in [2.05, 4.69) is 30.9 Å². The average molecular weight is 551 g/mol. The van der Waals surface area contributed by atoms with Crippen LogP contribution in [0.1, 0.15) is 18.5 Å². The van der Waals surface area contributed by atoms with E-state index in [0.29, 0.717) is 22.2 Å². The summed E-state index contributed by atoms with van der Waals surface area (Å²) >= 11 is 1.23. The highest BCUT2D eigenvalue weighted by molar-refractivity contribution is 7.99. The minimum absolute atomic E-state index is 0.182. The van der Waals surface area contributed by atoms with Gasteiger partial charge < -0.3 is 15.7 Å². The molecule has 1 atom stereocenters. The molecule has 1 saturated heterocycles. The van der Waals surface area contributed by atoms with Crippen LogP contribution in [-0.4, -0.2) is 72.4 Å². The number of carbonyl (C=O) groups excluding carboxylic acids is 1. The molecule has 0 bridgehead atoms. The second-order valence-corrected chi connectivity index (χ2v) is 9.73. The zero-order valence-electron chi connectivity index (χ0n) is 19.6.